The quantitative estimate of drug-likeness (QED) is 0.276. The molecule has 0 unspecified atom stereocenters. The van der Waals surface area contributed by atoms with E-state index in [0.717, 1.165) is 51.6 Å². The summed E-state index contributed by atoms with van der Waals surface area (Å²) in [4.78, 5) is 14.4. The van der Waals surface area contributed by atoms with Gasteiger partial charge in [0.05, 0.1) is 5.69 Å². The van der Waals surface area contributed by atoms with Crippen molar-refractivity contribution in [2.45, 2.75) is 64.5 Å². The summed E-state index contributed by atoms with van der Waals surface area (Å²) >= 11 is 0. The molecular weight excluding hydrogens is 442 g/mol. The van der Waals surface area contributed by atoms with Gasteiger partial charge in [0.15, 0.2) is 0 Å². The highest BCUT2D eigenvalue weighted by Gasteiger charge is 2.17. The van der Waals surface area contributed by atoms with Crippen molar-refractivity contribution in [1.29, 1.82) is 0 Å². The fraction of sp³-hybridized carbons (Fsp3) is 0.357. The van der Waals surface area contributed by atoms with E-state index in [0.29, 0.717) is 6.04 Å². The molecule has 5 rings (SSSR count). The SMILES string of the molecule is CC(C)(C)OC(N)=O.Oc1cc2cncc(-c3cc4ccccc4o3)c2cc1NC1CCCCC1. The standard InChI is InChI=1S/C23H22N2O2.C5H11NO2/c26-21-10-16-13-24-14-19(23-11-15-6-4-5-9-22(15)27-23)18(16)12-20(21)25-17-7-2-1-3-8-17;1-5(2,3)8-4(6)7/h4-6,9-14,17,25-26H,1-3,7-8H2;1-3H3,(H2,6,7). The Morgan fingerprint density at radius 1 is 1.09 bits per heavy atom. The summed E-state index contributed by atoms with van der Waals surface area (Å²) < 4.78 is 10.6. The van der Waals surface area contributed by atoms with E-state index in [-0.39, 0.29) is 5.75 Å². The van der Waals surface area contributed by atoms with E-state index in [1.807, 2.05) is 42.6 Å². The summed E-state index contributed by atoms with van der Waals surface area (Å²) in [5.41, 5.74) is 6.86. The Bertz CT molecular complexity index is 1280. The van der Waals surface area contributed by atoms with E-state index in [1.165, 1.54) is 19.3 Å². The average molecular weight is 476 g/mol. The number of para-hydroxylation sites is 1. The minimum Gasteiger partial charge on any atom is -0.506 e. The Hall–Kier alpha value is -3.74. The number of nitrogens with zero attached hydrogens (tertiary/aromatic N) is 1. The molecule has 0 atom stereocenters. The van der Waals surface area contributed by atoms with Crippen LogP contribution in [0, 0.1) is 0 Å². The van der Waals surface area contributed by atoms with Gasteiger partial charge in [-0.15, -0.1) is 0 Å². The molecular formula is C28H33N3O4. The molecule has 0 saturated heterocycles. The van der Waals surface area contributed by atoms with E-state index < -0.39 is 11.7 Å². The second kappa shape index (κ2) is 10.3. The normalized spacial score (nSPS) is 14.4. The highest BCUT2D eigenvalue weighted by Crippen LogP contribution is 2.37. The van der Waals surface area contributed by atoms with E-state index in [4.69, 9.17) is 10.2 Å². The number of anilines is 1. The third kappa shape index (κ3) is 6.23. The van der Waals surface area contributed by atoms with Gasteiger partial charge in [-0.1, -0.05) is 37.5 Å². The van der Waals surface area contributed by atoms with Crippen LogP contribution in [0.2, 0.25) is 0 Å². The maximum Gasteiger partial charge on any atom is 0.405 e. The van der Waals surface area contributed by atoms with Crippen LogP contribution in [0.5, 0.6) is 5.75 Å². The number of benzene rings is 2. The molecule has 7 nitrogen and oxygen atoms in total. The van der Waals surface area contributed by atoms with Crippen LogP contribution < -0.4 is 11.1 Å². The van der Waals surface area contributed by atoms with E-state index in [1.54, 1.807) is 33.0 Å². The number of nitrogens with one attached hydrogen (secondary N) is 1. The van der Waals surface area contributed by atoms with Gasteiger partial charge >= 0.3 is 6.09 Å². The number of primary amides is 1. The summed E-state index contributed by atoms with van der Waals surface area (Å²) in [6, 6.07) is 14.3. The number of amides is 1. The number of fused-ring (bicyclic) bond motifs is 2. The third-order valence-electron chi connectivity index (χ3n) is 5.94. The molecule has 2 aromatic carbocycles. The number of rotatable bonds is 3. The van der Waals surface area contributed by atoms with Crippen molar-refractivity contribution in [3.8, 4) is 17.1 Å². The van der Waals surface area contributed by atoms with E-state index >= 15 is 0 Å². The second-order valence-electron chi connectivity index (χ2n) is 9.94. The molecule has 1 saturated carbocycles. The molecule has 4 N–H and O–H groups in total. The summed E-state index contributed by atoms with van der Waals surface area (Å²) in [5, 5.41) is 17.1. The summed E-state index contributed by atoms with van der Waals surface area (Å²) in [6.07, 6.45) is 9.02. The molecule has 0 aliphatic heterocycles. The van der Waals surface area contributed by atoms with E-state index in [2.05, 4.69) is 15.0 Å². The number of phenols is 1. The molecule has 4 aromatic rings. The second-order valence-corrected chi connectivity index (χ2v) is 9.94. The lowest BCUT2D eigenvalue weighted by Crippen LogP contribution is -2.27. The number of phenolic OH excluding ortho intramolecular Hbond substituents is 1. The molecule has 1 fully saturated rings. The monoisotopic (exact) mass is 475 g/mol. The summed E-state index contributed by atoms with van der Waals surface area (Å²) in [7, 11) is 0. The van der Waals surface area contributed by atoms with Crippen LogP contribution in [0.25, 0.3) is 33.1 Å². The van der Waals surface area contributed by atoms with Crippen LogP contribution in [0.1, 0.15) is 52.9 Å². The Labute approximate surface area is 205 Å². The highest BCUT2D eigenvalue weighted by atomic mass is 16.6. The largest absolute Gasteiger partial charge is 0.506 e. The number of nitrogens with two attached hydrogens (primary N) is 1. The Balaban J connectivity index is 0.000000314. The molecule has 0 bridgehead atoms. The number of carbonyl (C=O) groups excluding carboxylic acids is 1. The van der Waals surface area contributed by atoms with Crippen molar-refractivity contribution in [1.82, 2.24) is 4.98 Å². The minimum atomic E-state index is -0.725. The fourth-order valence-corrected chi connectivity index (χ4v) is 4.40. The zero-order chi connectivity index (χ0) is 25.0. The van der Waals surface area contributed by atoms with Crippen LogP contribution in [0.4, 0.5) is 10.5 Å². The molecule has 35 heavy (non-hydrogen) atoms. The first-order chi connectivity index (χ1) is 16.7. The van der Waals surface area contributed by atoms with Gasteiger partial charge in [0.25, 0.3) is 0 Å². The topological polar surface area (TPSA) is 111 Å². The predicted octanol–water partition coefficient (Wildman–Crippen LogP) is 6.98. The summed E-state index contributed by atoms with van der Waals surface area (Å²) in [6.45, 7) is 5.28. The van der Waals surface area contributed by atoms with Crippen LogP contribution in [-0.4, -0.2) is 27.8 Å². The van der Waals surface area contributed by atoms with Gasteiger partial charge in [-0.25, -0.2) is 4.79 Å². The number of hydrogen-bond donors (Lipinski definition) is 3. The number of furan rings is 1. The Morgan fingerprint density at radius 3 is 2.49 bits per heavy atom. The molecule has 2 heterocycles. The fourth-order valence-electron chi connectivity index (χ4n) is 4.40. The van der Waals surface area contributed by atoms with Crippen LogP contribution in [0.15, 0.2) is 59.3 Å². The van der Waals surface area contributed by atoms with E-state index in [9.17, 15) is 9.90 Å². The lowest BCUT2D eigenvalue weighted by molar-refractivity contribution is 0.0600. The molecule has 184 valence electrons. The van der Waals surface area contributed by atoms with Gasteiger partial charge in [0.1, 0.15) is 22.7 Å². The molecule has 0 radical (unpaired) electrons. The summed E-state index contributed by atoms with van der Waals surface area (Å²) in [5.74, 6) is 1.07. The van der Waals surface area contributed by atoms with Gasteiger partial charge in [-0.05, 0) is 63.3 Å². The maximum absolute atomic E-state index is 10.5. The van der Waals surface area contributed by atoms with Gasteiger partial charge in [-0.2, -0.15) is 0 Å². The van der Waals surface area contributed by atoms with Crippen molar-refractivity contribution in [3.05, 3.63) is 54.9 Å². The Kier molecular flexibility index (Phi) is 7.15. The molecule has 1 aliphatic carbocycles. The van der Waals surface area contributed by atoms with Crippen molar-refractivity contribution in [3.63, 3.8) is 0 Å². The van der Waals surface area contributed by atoms with Crippen LogP contribution >= 0.6 is 0 Å². The van der Waals surface area contributed by atoms with Crippen molar-refractivity contribution in [2.24, 2.45) is 5.73 Å². The van der Waals surface area contributed by atoms with Crippen molar-refractivity contribution in [2.75, 3.05) is 5.32 Å². The lowest BCUT2D eigenvalue weighted by atomic mass is 9.95. The number of carbonyl (C=O) groups is 1. The smallest absolute Gasteiger partial charge is 0.405 e. The first-order valence-electron chi connectivity index (χ1n) is 12.0. The van der Waals surface area contributed by atoms with Crippen molar-refractivity contribution >= 4 is 33.5 Å². The van der Waals surface area contributed by atoms with Gasteiger partial charge in [0, 0.05) is 34.8 Å². The number of aromatic hydroxyl groups is 1. The lowest BCUT2D eigenvalue weighted by Gasteiger charge is -2.24. The molecule has 0 spiro atoms. The first kappa shape index (κ1) is 24.4. The van der Waals surface area contributed by atoms with Gasteiger partial charge in [0.2, 0.25) is 0 Å². The average Bonchev–Trinajstić information content (AvgIpc) is 3.23. The Morgan fingerprint density at radius 2 is 1.83 bits per heavy atom. The predicted molar refractivity (Wildman–Crippen MR) is 140 cm³/mol. The molecule has 1 aliphatic rings. The number of aromatic nitrogens is 1. The zero-order valence-electron chi connectivity index (χ0n) is 20.5. The van der Waals surface area contributed by atoms with Crippen LogP contribution in [-0.2, 0) is 4.74 Å². The van der Waals surface area contributed by atoms with Crippen LogP contribution in [0.3, 0.4) is 0 Å². The number of hydrogen-bond acceptors (Lipinski definition) is 6. The molecule has 2 aromatic heterocycles. The minimum absolute atomic E-state index is 0.275. The molecule has 1 amide bonds. The van der Waals surface area contributed by atoms with Crippen molar-refractivity contribution < 1.29 is 19.1 Å². The number of ether oxygens (including phenoxy) is 1. The van der Waals surface area contributed by atoms with Gasteiger partial charge in [-0.3, -0.25) is 4.98 Å². The van der Waals surface area contributed by atoms with Gasteiger partial charge < -0.3 is 25.3 Å². The zero-order valence-corrected chi connectivity index (χ0v) is 20.5. The number of pyridine rings is 1. The maximum atomic E-state index is 10.5. The molecule has 7 heteroatoms. The third-order valence-corrected chi connectivity index (χ3v) is 5.94. The highest BCUT2D eigenvalue weighted by molar-refractivity contribution is 5.99. The first-order valence-corrected chi connectivity index (χ1v) is 12.0.